The van der Waals surface area contributed by atoms with Gasteiger partial charge in [0.15, 0.2) is 0 Å². The van der Waals surface area contributed by atoms with E-state index in [0.717, 1.165) is 28.2 Å². The van der Waals surface area contributed by atoms with Crippen molar-refractivity contribution in [2.75, 3.05) is 31.3 Å². The maximum atomic E-state index is 12.7. The highest BCUT2D eigenvalue weighted by Crippen LogP contribution is 2.31. The second kappa shape index (κ2) is 6.37. The van der Waals surface area contributed by atoms with E-state index in [1.807, 2.05) is 41.2 Å². The van der Waals surface area contributed by atoms with Crippen molar-refractivity contribution in [1.82, 2.24) is 14.1 Å². The van der Waals surface area contributed by atoms with Gasteiger partial charge in [0.2, 0.25) is 15.9 Å². The molecule has 0 bridgehead atoms. The van der Waals surface area contributed by atoms with E-state index in [1.165, 1.54) is 7.05 Å². The van der Waals surface area contributed by atoms with Gasteiger partial charge in [0.25, 0.3) is 0 Å². The Morgan fingerprint density at radius 3 is 2.75 bits per heavy atom. The smallest absolute Gasteiger partial charge is 0.242 e. The van der Waals surface area contributed by atoms with Crippen molar-refractivity contribution in [3.8, 4) is 0 Å². The summed E-state index contributed by atoms with van der Waals surface area (Å²) in [6.07, 6.45) is 5.47. The van der Waals surface area contributed by atoms with Gasteiger partial charge in [-0.3, -0.25) is 9.48 Å². The third-order valence-corrected chi connectivity index (χ3v) is 5.52. The van der Waals surface area contributed by atoms with E-state index in [1.54, 1.807) is 11.1 Å². The van der Waals surface area contributed by atoms with Gasteiger partial charge in [-0.2, -0.15) is 9.40 Å². The second-order valence-corrected chi connectivity index (χ2v) is 8.09. The average molecular weight is 348 g/mol. The molecule has 1 aliphatic rings. The molecule has 2 aromatic rings. The summed E-state index contributed by atoms with van der Waals surface area (Å²) in [6, 6.07) is 9.59. The fraction of sp³-hybridized carbons (Fsp3) is 0.375. The average Bonchev–Trinajstić information content (AvgIpc) is 3.07. The molecule has 24 heavy (non-hydrogen) atoms. The number of hydrogen-bond donors (Lipinski definition) is 0. The summed E-state index contributed by atoms with van der Waals surface area (Å²) in [5, 5.41) is 4.28. The van der Waals surface area contributed by atoms with Crippen LogP contribution in [-0.2, 0) is 21.2 Å². The van der Waals surface area contributed by atoms with Crippen molar-refractivity contribution in [2.45, 2.75) is 12.5 Å². The topological polar surface area (TPSA) is 75.5 Å². The highest BCUT2D eigenvalue weighted by molar-refractivity contribution is 7.88. The molecule has 0 radical (unpaired) electrons. The van der Waals surface area contributed by atoms with Crippen molar-refractivity contribution < 1.29 is 13.2 Å². The number of aromatic nitrogens is 2. The largest absolute Gasteiger partial charge is 0.309 e. The van der Waals surface area contributed by atoms with Gasteiger partial charge < -0.3 is 4.90 Å². The van der Waals surface area contributed by atoms with Gasteiger partial charge in [-0.1, -0.05) is 18.2 Å². The quantitative estimate of drug-likeness (QED) is 0.823. The molecule has 0 aliphatic carbocycles. The molecule has 2 heterocycles. The van der Waals surface area contributed by atoms with Crippen molar-refractivity contribution in [1.29, 1.82) is 0 Å². The molecule has 1 amide bonds. The van der Waals surface area contributed by atoms with Gasteiger partial charge in [-0.15, -0.1) is 0 Å². The van der Waals surface area contributed by atoms with Crippen LogP contribution in [0.3, 0.4) is 0 Å². The molecule has 1 atom stereocenters. The van der Waals surface area contributed by atoms with Gasteiger partial charge in [0, 0.05) is 31.7 Å². The van der Waals surface area contributed by atoms with Crippen molar-refractivity contribution in [2.24, 2.45) is 0 Å². The van der Waals surface area contributed by atoms with E-state index in [-0.39, 0.29) is 18.5 Å². The predicted molar refractivity (Wildman–Crippen MR) is 91.2 cm³/mol. The van der Waals surface area contributed by atoms with Crippen LogP contribution in [0.2, 0.25) is 0 Å². The van der Waals surface area contributed by atoms with E-state index in [2.05, 4.69) is 5.10 Å². The summed E-state index contributed by atoms with van der Waals surface area (Å²) >= 11 is 0. The van der Waals surface area contributed by atoms with Crippen LogP contribution < -0.4 is 4.90 Å². The molecule has 0 unspecified atom stereocenters. The third-order valence-electron chi connectivity index (χ3n) is 4.26. The lowest BCUT2D eigenvalue weighted by atomic mass is 9.98. The number of likely N-dealkylation sites (N-methyl/N-ethyl adjacent to an activating group) is 1. The maximum absolute atomic E-state index is 12.7. The van der Waals surface area contributed by atoms with Crippen molar-refractivity contribution in [3.05, 3.63) is 48.3 Å². The number of carbonyl (C=O) groups excluding carboxylic acids is 1. The Morgan fingerprint density at radius 1 is 1.33 bits per heavy atom. The zero-order valence-corrected chi connectivity index (χ0v) is 14.5. The molecule has 1 aromatic heterocycles. The number of amides is 1. The van der Waals surface area contributed by atoms with E-state index >= 15 is 0 Å². The fourth-order valence-electron chi connectivity index (χ4n) is 2.88. The Bertz CT molecular complexity index is 833. The van der Waals surface area contributed by atoms with Crippen LogP contribution in [0.4, 0.5) is 5.69 Å². The number of carbonyl (C=O) groups is 1. The SMILES string of the molecule is CN(CC(=O)N1C[C@H](n2cccn2)Cc2ccccc21)S(C)(=O)=O. The van der Waals surface area contributed by atoms with Gasteiger partial charge in [-0.25, -0.2) is 8.42 Å². The third kappa shape index (κ3) is 3.34. The number of fused-ring (bicyclic) bond motifs is 1. The summed E-state index contributed by atoms with van der Waals surface area (Å²) in [5.41, 5.74) is 1.90. The summed E-state index contributed by atoms with van der Waals surface area (Å²) < 4.78 is 26.1. The minimum absolute atomic E-state index is 0.0300. The molecular formula is C16H20N4O3S. The van der Waals surface area contributed by atoms with E-state index < -0.39 is 10.0 Å². The van der Waals surface area contributed by atoms with Crippen LogP contribution >= 0.6 is 0 Å². The Kier molecular flexibility index (Phi) is 4.42. The minimum atomic E-state index is -3.40. The molecule has 1 aliphatic heterocycles. The normalized spacial score (nSPS) is 17.8. The van der Waals surface area contributed by atoms with Gasteiger partial charge in [-0.05, 0) is 24.1 Å². The molecule has 8 heteroatoms. The molecule has 0 saturated heterocycles. The van der Waals surface area contributed by atoms with Gasteiger partial charge in [0.1, 0.15) is 0 Å². The molecule has 0 saturated carbocycles. The summed E-state index contributed by atoms with van der Waals surface area (Å²) in [5.74, 6) is -0.243. The Balaban J connectivity index is 1.89. The number of anilines is 1. The van der Waals surface area contributed by atoms with Crippen LogP contribution in [0.15, 0.2) is 42.7 Å². The van der Waals surface area contributed by atoms with Crippen molar-refractivity contribution >= 4 is 21.6 Å². The lowest BCUT2D eigenvalue weighted by Crippen LogP contribution is -2.46. The van der Waals surface area contributed by atoms with Crippen LogP contribution in [-0.4, -0.2) is 54.8 Å². The molecule has 0 spiro atoms. The first-order valence-corrected chi connectivity index (χ1v) is 9.50. The van der Waals surface area contributed by atoms with Crippen LogP contribution in [0.1, 0.15) is 11.6 Å². The van der Waals surface area contributed by atoms with E-state index in [0.29, 0.717) is 6.54 Å². The number of para-hydroxylation sites is 1. The van der Waals surface area contributed by atoms with Gasteiger partial charge in [0.05, 0.1) is 18.8 Å². The highest BCUT2D eigenvalue weighted by atomic mass is 32.2. The first-order valence-electron chi connectivity index (χ1n) is 7.65. The Morgan fingerprint density at radius 2 is 2.08 bits per heavy atom. The summed E-state index contributed by atoms with van der Waals surface area (Å²) in [6.45, 7) is 0.286. The predicted octanol–water partition coefficient (Wildman–Crippen LogP) is 0.905. The Hall–Kier alpha value is -2.19. The molecule has 0 fully saturated rings. The van der Waals surface area contributed by atoms with Crippen LogP contribution in [0.5, 0.6) is 0 Å². The number of sulfonamides is 1. The zero-order chi connectivity index (χ0) is 17.3. The monoisotopic (exact) mass is 348 g/mol. The summed E-state index contributed by atoms with van der Waals surface area (Å²) in [4.78, 5) is 14.4. The number of rotatable bonds is 4. The lowest BCUT2D eigenvalue weighted by molar-refractivity contribution is -0.118. The van der Waals surface area contributed by atoms with Gasteiger partial charge >= 0.3 is 0 Å². The molecule has 1 aromatic carbocycles. The van der Waals surface area contributed by atoms with Crippen LogP contribution in [0.25, 0.3) is 0 Å². The Labute approximate surface area is 141 Å². The van der Waals surface area contributed by atoms with Crippen molar-refractivity contribution in [3.63, 3.8) is 0 Å². The van der Waals surface area contributed by atoms with Crippen LogP contribution in [0, 0.1) is 0 Å². The molecule has 7 nitrogen and oxygen atoms in total. The molecular weight excluding hydrogens is 328 g/mol. The molecule has 3 rings (SSSR count). The number of nitrogens with zero attached hydrogens (tertiary/aromatic N) is 4. The standard InChI is InChI=1S/C16H20N4O3S/c1-18(24(2,22)23)12-16(21)19-11-14(20-9-5-8-17-20)10-13-6-3-4-7-15(13)19/h3-9,14H,10-12H2,1-2H3/t14-/m1/s1. The molecule has 128 valence electrons. The number of hydrogen-bond acceptors (Lipinski definition) is 4. The first-order chi connectivity index (χ1) is 11.4. The first kappa shape index (κ1) is 16.7. The number of benzene rings is 1. The molecule has 0 N–H and O–H groups in total. The summed E-state index contributed by atoms with van der Waals surface area (Å²) in [7, 11) is -1.99. The highest BCUT2D eigenvalue weighted by Gasteiger charge is 2.30. The zero-order valence-electron chi connectivity index (χ0n) is 13.7. The van der Waals surface area contributed by atoms with E-state index in [9.17, 15) is 13.2 Å². The lowest BCUT2D eigenvalue weighted by Gasteiger charge is -2.35. The van der Waals surface area contributed by atoms with E-state index in [4.69, 9.17) is 0 Å². The maximum Gasteiger partial charge on any atom is 0.242 e. The minimum Gasteiger partial charge on any atom is -0.309 e. The second-order valence-electron chi connectivity index (χ2n) is 6.00. The fourth-order valence-corrected chi connectivity index (χ4v) is 3.22.